The molecule has 2 N–H and O–H groups in total. The maximum Gasteiger partial charge on any atom is 0.257 e. The maximum absolute atomic E-state index is 5.39. The average Bonchev–Trinajstić information content (AvgIpc) is 3.31. The van der Waals surface area contributed by atoms with Gasteiger partial charge in [-0.05, 0) is 44.9 Å². The SMILES string of the molecule is CCCc1noc(-c2cccc(CN=C(NCC)NCc3nc(C)c(C)s3)c2)n1. The largest absolute Gasteiger partial charge is 0.357 e. The molecule has 0 amide bonds. The molecule has 8 heteroatoms. The Balaban J connectivity index is 1.66. The lowest BCUT2D eigenvalue weighted by atomic mass is 10.1. The van der Waals surface area contributed by atoms with Crippen molar-refractivity contribution in [2.24, 2.45) is 4.99 Å². The lowest BCUT2D eigenvalue weighted by Gasteiger charge is -2.10. The summed E-state index contributed by atoms with van der Waals surface area (Å²) in [4.78, 5) is 15.0. The predicted octanol–water partition coefficient (Wildman–Crippen LogP) is 4.02. The number of rotatable bonds is 8. The Bertz CT molecular complexity index is 942. The molecule has 0 saturated heterocycles. The smallest absolute Gasteiger partial charge is 0.257 e. The maximum atomic E-state index is 5.39. The van der Waals surface area contributed by atoms with Crippen LogP contribution in [0, 0.1) is 13.8 Å². The van der Waals surface area contributed by atoms with Crippen molar-refractivity contribution in [2.45, 2.75) is 53.6 Å². The van der Waals surface area contributed by atoms with Crippen LogP contribution in [0.25, 0.3) is 11.5 Å². The van der Waals surface area contributed by atoms with Gasteiger partial charge in [-0.2, -0.15) is 4.98 Å². The van der Waals surface area contributed by atoms with E-state index in [9.17, 15) is 0 Å². The van der Waals surface area contributed by atoms with Gasteiger partial charge in [0.1, 0.15) is 5.01 Å². The van der Waals surface area contributed by atoms with Crippen molar-refractivity contribution in [3.05, 3.63) is 51.2 Å². The van der Waals surface area contributed by atoms with Crippen LogP contribution in [0.3, 0.4) is 0 Å². The molecule has 0 aliphatic rings. The van der Waals surface area contributed by atoms with Crippen molar-refractivity contribution in [3.8, 4) is 11.5 Å². The van der Waals surface area contributed by atoms with Crippen molar-refractivity contribution in [3.63, 3.8) is 0 Å². The normalized spacial score (nSPS) is 11.7. The summed E-state index contributed by atoms with van der Waals surface area (Å²) >= 11 is 1.71. The van der Waals surface area contributed by atoms with E-state index in [-0.39, 0.29) is 0 Å². The molecule has 0 aliphatic carbocycles. The van der Waals surface area contributed by atoms with E-state index in [2.05, 4.69) is 46.5 Å². The molecule has 29 heavy (non-hydrogen) atoms. The molecule has 154 valence electrons. The molecule has 0 atom stereocenters. The summed E-state index contributed by atoms with van der Waals surface area (Å²) in [5.41, 5.74) is 3.09. The first-order valence-corrected chi connectivity index (χ1v) is 10.8. The predicted molar refractivity (Wildman–Crippen MR) is 117 cm³/mol. The standard InChI is InChI=1S/C21H28N6OS/c1-5-8-18-26-20(28-27-18)17-10-7-9-16(11-17)12-23-21(22-6-2)24-13-19-25-14(3)15(4)29-19/h7,9-11H,5-6,8,12-13H2,1-4H3,(H2,22,23,24). The highest BCUT2D eigenvalue weighted by Crippen LogP contribution is 2.19. The Morgan fingerprint density at radius 2 is 2.03 bits per heavy atom. The van der Waals surface area contributed by atoms with Gasteiger partial charge in [-0.1, -0.05) is 24.2 Å². The van der Waals surface area contributed by atoms with E-state index >= 15 is 0 Å². The molecule has 0 fully saturated rings. The quantitative estimate of drug-likeness (QED) is 0.429. The van der Waals surface area contributed by atoms with Crippen LogP contribution >= 0.6 is 11.3 Å². The van der Waals surface area contributed by atoms with E-state index in [4.69, 9.17) is 9.52 Å². The first-order chi connectivity index (χ1) is 14.1. The van der Waals surface area contributed by atoms with Gasteiger partial charge in [0, 0.05) is 23.4 Å². The second-order valence-electron chi connectivity index (χ2n) is 6.76. The minimum Gasteiger partial charge on any atom is -0.357 e. The highest BCUT2D eigenvalue weighted by Gasteiger charge is 2.09. The molecule has 0 saturated carbocycles. The molecule has 2 aromatic heterocycles. The van der Waals surface area contributed by atoms with Gasteiger partial charge in [0.05, 0.1) is 18.8 Å². The highest BCUT2D eigenvalue weighted by molar-refractivity contribution is 7.11. The van der Waals surface area contributed by atoms with Crippen molar-refractivity contribution in [2.75, 3.05) is 6.54 Å². The van der Waals surface area contributed by atoms with Gasteiger partial charge in [0.15, 0.2) is 11.8 Å². The van der Waals surface area contributed by atoms with Crippen LogP contribution in [0.1, 0.15) is 47.2 Å². The molecule has 0 bridgehead atoms. The van der Waals surface area contributed by atoms with Crippen LogP contribution < -0.4 is 10.6 Å². The van der Waals surface area contributed by atoms with Crippen LogP contribution in [0.15, 0.2) is 33.8 Å². The number of nitrogens with zero attached hydrogens (tertiary/aromatic N) is 4. The first-order valence-electron chi connectivity index (χ1n) is 9.96. The number of aryl methyl sites for hydroxylation is 3. The van der Waals surface area contributed by atoms with E-state index in [1.54, 1.807) is 11.3 Å². The summed E-state index contributed by atoms with van der Waals surface area (Å²) in [6, 6.07) is 8.07. The highest BCUT2D eigenvalue weighted by atomic mass is 32.1. The lowest BCUT2D eigenvalue weighted by molar-refractivity contribution is 0.422. The van der Waals surface area contributed by atoms with Crippen molar-refractivity contribution >= 4 is 17.3 Å². The third-order valence-electron chi connectivity index (χ3n) is 4.36. The fraction of sp³-hybridized carbons (Fsp3) is 0.429. The van der Waals surface area contributed by atoms with Gasteiger partial charge in [-0.3, -0.25) is 0 Å². The zero-order valence-corrected chi connectivity index (χ0v) is 18.3. The second-order valence-corrected chi connectivity index (χ2v) is 8.05. The number of hydrogen-bond donors (Lipinski definition) is 2. The minimum atomic E-state index is 0.551. The van der Waals surface area contributed by atoms with Gasteiger partial charge in [-0.15, -0.1) is 11.3 Å². The van der Waals surface area contributed by atoms with Crippen LogP contribution in [-0.4, -0.2) is 27.6 Å². The third-order valence-corrected chi connectivity index (χ3v) is 5.43. The molecule has 0 radical (unpaired) electrons. The summed E-state index contributed by atoms with van der Waals surface area (Å²) in [7, 11) is 0. The molecule has 7 nitrogen and oxygen atoms in total. The van der Waals surface area contributed by atoms with Crippen LogP contribution in [0.5, 0.6) is 0 Å². The summed E-state index contributed by atoms with van der Waals surface area (Å²) in [5.74, 6) is 2.07. The molecule has 0 unspecified atom stereocenters. The summed E-state index contributed by atoms with van der Waals surface area (Å²) in [5, 5.41) is 11.7. The Morgan fingerprint density at radius 3 is 2.76 bits per heavy atom. The van der Waals surface area contributed by atoms with E-state index in [1.807, 2.05) is 31.2 Å². The Hall–Kier alpha value is -2.74. The Kier molecular flexibility index (Phi) is 7.35. The van der Waals surface area contributed by atoms with Gasteiger partial charge in [0.2, 0.25) is 0 Å². The number of benzene rings is 1. The lowest BCUT2D eigenvalue weighted by Crippen LogP contribution is -2.36. The third kappa shape index (κ3) is 5.87. The van der Waals surface area contributed by atoms with E-state index in [1.165, 1.54) is 4.88 Å². The zero-order valence-electron chi connectivity index (χ0n) is 17.5. The number of aliphatic imine (C=N–C) groups is 1. The van der Waals surface area contributed by atoms with E-state index in [0.29, 0.717) is 19.0 Å². The molecule has 0 spiro atoms. The van der Waals surface area contributed by atoms with Crippen LogP contribution in [-0.2, 0) is 19.5 Å². The molecule has 1 aromatic carbocycles. The van der Waals surface area contributed by atoms with Gasteiger partial charge < -0.3 is 15.2 Å². The summed E-state index contributed by atoms with van der Waals surface area (Å²) < 4.78 is 5.39. The van der Waals surface area contributed by atoms with Gasteiger partial charge in [-0.25, -0.2) is 9.98 Å². The van der Waals surface area contributed by atoms with Crippen molar-refractivity contribution < 1.29 is 4.52 Å². The number of aromatic nitrogens is 3. The van der Waals surface area contributed by atoms with Crippen molar-refractivity contribution in [1.29, 1.82) is 0 Å². The molecule has 2 heterocycles. The molecule has 3 rings (SSSR count). The van der Waals surface area contributed by atoms with E-state index in [0.717, 1.165) is 53.0 Å². The summed E-state index contributed by atoms with van der Waals surface area (Å²) in [6.45, 7) is 10.3. The number of nitrogens with one attached hydrogen (secondary N) is 2. The average molecular weight is 413 g/mol. The number of hydrogen-bond acceptors (Lipinski definition) is 6. The van der Waals surface area contributed by atoms with Crippen molar-refractivity contribution in [1.82, 2.24) is 25.8 Å². The topological polar surface area (TPSA) is 88.2 Å². The minimum absolute atomic E-state index is 0.551. The van der Waals surface area contributed by atoms with Gasteiger partial charge >= 0.3 is 0 Å². The zero-order chi connectivity index (χ0) is 20.6. The van der Waals surface area contributed by atoms with E-state index < -0.39 is 0 Å². The first kappa shape index (κ1) is 21.0. The van der Waals surface area contributed by atoms with Crippen LogP contribution in [0.4, 0.5) is 0 Å². The molecular formula is C21H28N6OS. The summed E-state index contributed by atoms with van der Waals surface area (Å²) in [6.07, 6.45) is 1.82. The Labute approximate surface area is 175 Å². The molecule has 0 aliphatic heterocycles. The molecule has 3 aromatic rings. The Morgan fingerprint density at radius 1 is 1.17 bits per heavy atom. The van der Waals surface area contributed by atoms with Crippen LogP contribution in [0.2, 0.25) is 0 Å². The second kappa shape index (κ2) is 10.2. The monoisotopic (exact) mass is 412 g/mol. The number of guanidine groups is 1. The molecular weight excluding hydrogens is 384 g/mol. The fourth-order valence-electron chi connectivity index (χ4n) is 2.79. The van der Waals surface area contributed by atoms with Gasteiger partial charge in [0.25, 0.3) is 5.89 Å². The number of thiazole rings is 1. The fourth-order valence-corrected chi connectivity index (χ4v) is 3.66.